The first-order valence-electron chi connectivity index (χ1n) is 21.9. The van der Waals surface area contributed by atoms with Gasteiger partial charge < -0.3 is 15.5 Å². The van der Waals surface area contributed by atoms with Gasteiger partial charge >= 0.3 is 0 Å². The third kappa shape index (κ3) is 38.3. The number of hydrogen-bond acceptors (Lipinski definition) is 5. The van der Waals surface area contributed by atoms with Gasteiger partial charge in [-0.1, -0.05) is 184 Å². The average molecular weight is 766 g/mol. The summed E-state index contributed by atoms with van der Waals surface area (Å²) in [5.74, 6) is -1.58. The molecule has 0 aromatic rings. The van der Waals surface area contributed by atoms with Gasteiger partial charge in [-0.05, 0) is 70.6 Å². The summed E-state index contributed by atoms with van der Waals surface area (Å²) < 4.78 is 32.5. The number of rotatable bonds is 39. The fourth-order valence-corrected chi connectivity index (χ4v) is 7.16. The quantitative estimate of drug-likeness (QED) is 0.0281. The molecule has 4 N–H and O–H groups in total. The molecule has 0 aliphatic heterocycles. The molecule has 0 bridgehead atoms. The molecule has 0 aliphatic rings. The molecule has 0 aliphatic carbocycles. The number of carbonyl (C=O) groups excluding carboxylic acids is 1. The Kier molecular flexibility index (Phi) is 37.3. The molecule has 310 valence electrons. The number of nitrogens with one attached hydrogen (secondary N) is 1. The third-order valence-electron chi connectivity index (χ3n) is 9.81. The van der Waals surface area contributed by atoms with Crippen molar-refractivity contribution in [3.8, 4) is 0 Å². The predicted molar refractivity (Wildman–Crippen MR) is 227 cm³/mol. The van der Waals surface area contributed by atoms with Gasteiger partial charge in [-0.3, -0.25) is 9.35 Å². The topological polar surface area (TPSA) is 124 Å². The Hall–Kier alpha value is -1.74. The van der Waals surface area contributed by atoms with Crippen LogP contribution in [-0.4, -0.2) is 53.1 Å². The second-order valence-corrected chi connectivity index (χ2v) is 16.6. The molecule has 7 nitrogen and oxygen atoms in total. The molecule has 0 aromatic heterocycles. The summed E-state index contributed by atoms with van der Waals surface area (Å²) in [5.41, 5.74) is 0. The summed E-state index contributed by atoms with van der Waals surface area (Å²) in [5, 5.41) is 23.4. The SMILES string of the molecule is CCCCCCCCC/C=C\CCCCCCC(O)C(=O)NC(CS(=O)(=O)O)C(O)/C=C/CC/C=C/CC/C=C/CCCCCCCCCCCCC. The highest BCUT2D eigenvalue weighted by Crippen LogP contribution is 2.14. The van der Waals surface area contributed by atoms with E-state index in [0.29, 0.717) is 12.8 Å². The van der Waals surface area contributed by atoms with Crippen LogP contribution < -0.4 is 5.32 Å². The van der Waals surface area contributed by atoms with Crippen molar-refractivity contribution in [2.24, 2.45) is 0 Å². The zero-order chi connectivity index (χ0) is 39.1. The molecule has 0 fully saturated rings. The molecule has 0 heterocycles. The number of aliphatic hydroxyl groups excluding tert-OH is 2. The number of allylic oxidation sites excluding steroid dienone is 7. The molecule has 53 heavy (non-hydrogen) atoms. The molecule has 8 heteroatoms. The van der Waals surface area contributed by atoms with E-state index in [1.807, 2.05) is 0 Å². The van der Waals surface area contributed by atoms with E-state index in [1.54, 1.807) is 6.08 Å². The summed E-state index contributed by atoms with van der Waals surface area (Å²) in [6, 6.07) is -1.26. The van der Waals surface area contributed by atoms with Crippen molar-refractivity contribution in [3.63, 3.8) is 0 Å². The van der Waals surface area contributed by atoms with Crippen LogP contribution in [0.25, 0.3) is 0 Å². The lowest BCUT2D eigenvalue weighted by atomic mass is 10.1. The van der Waals surface area contributed by atoms with Gasteiger partial charge in [0.2, 0.25) is 5.91 Å². The predicted octanol–water partition coefficient (Wildman–Crippen LogP) is 12.0. The number of hydrogen-bond donors (Lipinski definition) is 4. The second kappa shape index (κ2) is 38.5. The first-order valence-corrected chi connectivity index (χ1v) is 23.6. The van der Waals surface area contributed by atoms with Crippen LogP contribution in [0.3, 0.4) is 0 Å². The standard InChI is InChI=1S/C45H83NO6S/c1-3-5-7-9-11-13-15-17-19-20-21-22-23-24-26-27-29-31-33-35-37-39-43(47)42(41-53(50,51)52)46-45(49)44(48)40-38-36-34-32-30-28-25-18-16-14-12-10-8-6-4-2/h23-25,28-29,31,37,39,42-44,47-48H,3-22,26-27,30,32-36,38,40-41H2,1-2H3,(H,46,49)(H,50,51,52)/b24-23+,28-25-,31-29+,39-37+. The van der Waals surface area contributed by atoms with Gasteiger partial charge in [0.1, 0.15) is 6.10 Å². The maximum Gasteiger partial charge on any atom is 0.267 e. The Balaban J connectivity index is 4.10. The molecule has 0 aromatic carbocycles. The van der Waals surface area contributed by atoms with Gasteiger partial charge in [-0.25, -0.2) is 0 Å². The van der Waals surface area contributed by atoms with E-state index in [1.165, 1.54) is 122 Å². The minimum Gasteiger partial charge on any atom is -0.387 e. The molecule has 0 radical (unpaired) electrons. The molecule has 3 atom stereocenters. The van der Waals surface area contributed by atoms with E-state index in [9.17, 15) is 28.0 Å². The first-order chi connectivity index (χ1) is 25.7. The Morgan fingerprint density at radius 1 is 0.509 bits per heavy atom. The summed E-state index contributed by atoms with van der Waals surface area (Å²) >= 11 is 0. The lowest BCUT2D eigenvalue weighted by molar-refractivity contribution is -0.130. The number of unbranched alkanes of at least 4 members (excludes halogenated alkanes) is 24. The van der Waals surface area contributed by atoms with Gasteiger partial charge in [0, 0.05) is 0 Å². The highest BCUT2D eigenvalue weighted by atomic mass is 32.2. The van der Waals surface area contributed by atoms with Gasteiger partial charge in [-0.2, -0.15) is 8.42 Å². The van der Waals surface area contributed by atoms with Gasteiger partial charge in [-0.15, -0.1) is 0 Å². The van der Waals surface area contributed by atoms with Crippen LogP contribution in [0.15, 0.2) is 48.6 Å². The van der Waals surface area contributed by atoms with Crippen LogP contribution in [0.4, 0.5) is 0 Å². The minimum absolute atomic E-state index is 0.256. The van der Waals surface area contributed by atoms with Crippen molar-refractivity contribution in [2.75, 3.05) is 5.75 Å². The van der Waals surface area contributed by atoms with E-state index in [-0.39, 0.29) is 6.42 Å². The molecule has 0 spiro atoms. The maximum absolute atomic E-state index is 12.6. The van der Waals surface area contributed by atoms with Crippen molar-refractivity contribution in [3.05, 3.63) is 48.6 Å². The number of carbonyl (C=O) groups is 1. The van der Waals surface area contributed by atoms with Crippen molar-refractivity contribution < 1.29 is 28.0 Å². The van der Waals surface area contributed by atoms with Crippen molar-refractivity contribution in [2.45, 2.75) is 225 Å². The summed E-state index contributed by atoms with van der Waals surface area (Å²) in [4.78, 5) is 12.6. The van der Waals surface area contributed by atoms with Crippen LogP contribution >= 0.6 is 0 Å². The van der Waals surface area contributed by atoms with Crippen LogP contribution in [0.5, 0.6) is 0 Å². The summed E-state index contributed by atoms with van der Waals surface area (Å²) in [7, 11) is -4.46. The van der Waals surface area contributed by atoms with Crippen molar-refractivity contribution in [1.29, 1.82) is 0 Å². The van der Waals surface area contributed by atoms with E-state index < -0.39 is 40.0 Å². The van der Waals surface area contributed by atoms with Crippen LogP contribution in [0.1, 0.15) is 206 Å². The van der Waals surface area contributed by atoms with Gasteiger partial charge in [0.05, 0.1) is 17.9 Å². The Morgan fingerprint density at radius 3 is 1.25 bits per heavy atom. The highest BCUT2D eigenvalue weighted by Gasteiger charge is 2.27. The smallest absolute Gasteiger partial charge is 0.267 e. The second-order valence-electron chi connectivity index (χ2n) is 15.1. The number of amides is 1. The molecule has 0 rings (SSSR count). The lowest BCUT2D eigenvalue weighted by Crippen LogP contribution is -2.50. The van der Waals surface area contributed by atoms with Crippen molar-refractivity contribution in [1.82, 2.24) is 5.32 Å². The minimum atomic E-state index is -4.46. The molecule has 1 amide bonds. The van der Waals surface area contributed by atoms with Crippen molar-refractivity contribution >= 4 is 16.0 Å². The fourth-order valence-electron chi connectivity index (χ4n) is 6.42. The Morgan fingerprint density at radius 2 is 0.849 bits per heavy atom. The summed E-state index contributed by atoms with van der Waals surface area (Å²) in [6.07, 6.45) is 48.9. The fraction of sp³-hybridized carbons (Fsp3) is 0.800. The molecule has 3 unspecified atom stereocenters. The Bertz CT molecular complexity index is 1040. The zero-order valence-electron chi connectivity index (χ0n) is 34.2. The van der Waals surface area contributed by atoms with E-state index in [4.69, 9.17) is 0 Å². The van der Waals surface area contributed by atoms with Gasteiger partial charge in [0.25, 0.3) is 10.1 Å². The average Bonchev–Trinajstić information content (AvgIpc) is 3.12. The first kappa shape index (κ1) is 51.3. The molecular formula is C45H83NO6S. The molecular weight excluding hydrogens is 683 g/mol. The summed E-state index contributed by atoms with van der Waals surface area (Å²) in [6.45, 7) is 4.51. The third-order valence-corrected chi connectivity index (χ3v) is 10.6. The van der Waals surface area contributed by atoms with E-state index in [0.717, 1.165) is 57.8 Å². The zero-order valence-corrected chi connectivity index (χ0v) is 35.1. The number of aliphatic hydroxyl groups is 2. The molecule has 0 saturated heterocycles. The monoisotopic (exact) mass is 766 g/mol. The van der Waals surface area contributed by atoms with Gasteiger partial charge in [0.15, 0.2) is 0 Å². The van der Waals surface area contributed by atoms with Crippen LogP contribution in [0.2, 0.25) is 0 Å². The van der Waals surface area contributed by atoms with Crippen LogP contribution in [-0.2, 0) is 14.9 Å². The lowest BCUT2D eigenvalue weighted by Gasteiger charge is -2.22. The van der Waals surface area contributed by atoms with E-state index in [2.05, 4.69) is 55.6 Å². The highest BCUT2D eigenvalue weighted by molar-refractivity contribution is 7.85. The Labute approximate surface area is 327 Å². The molecule has 0 saturated carbocycles. The van der Waals surface area contributed by atoms with Crippen LogP contribution in [0, 0.1) is 0 Å². The van der Waals surface area contributed by atoms with E-state index >= 15 is 0 Å². The normalized spacial score (nSPS) is 14.3. The largest absolute Gasteiger partial charge is 0.387 e. The maximum atomic E-state index is 12.6.